The Kier molecular flexibility index (Phi) is 4.90. The van der Waals surface area contributed by atoms with E-state index in [-0.39, 0.29) is 11.9 Å². The van der Waals surface area contributed by atoms with Crippen molar-refractivity contribution < 1.29 is 9.53 Å². The quantitative estimate of drug-likeness (QED) is 0.552. The number of nitrogens with one attached hydrogen (secondary N) is 2. The minimum absolute atomic E-state index is 0.116. The third-order valence-electron chi connectivity index (χ3n) is 6.34. The van der Waals surface area contributed by atoms with Gasteiger partial charge in [0, 0.05) is 16.9 Å². The molecule has 162 valence electrons. The van der Waals surface area contributed by atoms with Gasteiger partial charge in [0.15, 0.2) is 10.8 Å². The monoisotopic (exact) mass is 443 g/mol. The number of amides is 1. The summed E-state index contributed by atoms with van der Waals surface area (Å²) in [5.74, 6) is 0.0893. The van der Waals surface area contributed by atoms with Gasteiger partial charge in [0.05, 0.1) is 6.04 Å². The number of anilines is 2. The predicted octanol–water partition coefficient (Wildman–Crippen LogP) is 5.10. The Bertz CT molecular complexity index is 1210. The zero-order chi connectivity index (χ0) is 22.5. The highest BCUT2D eigenvalue weighted by molar-refractivity contribution is 7.80. The summed E-state index contributed by atoms with van der Waals surface area (Å²) in [6.45, 7) is 5.99. The molecule has 5 nitrogen and oxygen atoms in total. The van der Waals surface area contributed by atoms with E-state index in [1.165, 1.54) is 0 Å². The van der Waals surface area contributed by atoms with Crippen LogP contribution in [0.3, 0.4) is 0 Å². The van der Waals surface area contributed by atoms with Crippen LogP contribution in [0.2, 0.25) is 0 Å². The van der Waals surface area contributed by atoms with Crippen LogP contribution in [0.25, 0.3) is 0 Å². The largest absolute Gasteiger partial charge is 0.467 e. The van der Waals surface area contributed by atoms with Crippen molar-refractivity contribution in [3.05, 3.63) is 89.5 Å². The molecule has 0 unspecified atom stereocenters. The van der Waals surface area contributed by atoms with Crippen molar-refractivity contribution in [2.75, 3.05) is 10.2 Å². The summed E-state index contributed by atoms with van der Waals surface area (Å²) in [5, 5.41) is 7.12. The second-order valence-electron chi connectivity index (χ2n) is 8.58. The van der Waals surface area contributed by atoms with Crippen molar-refractivity contribution in [3.8, 4) is 5.75 Å². The van der Waals surface area contributed by atoms with Crippen molar-refractivity contribution in [2.24, 2.45) is 5.92 Å². The fourth-order valence-corrected chi connectivity index (χ4v) is 5.27. The number of aryl methyl sites for hydroxylation is 2. The summed E-state index contributed by atoms with van der Waals surface area (Å²) >= 11 is 5.77. The Morgan fingerprint density at radius 2 is 1.78 bits per heavy atom. The Labute approximate surface area is 193 Å². The lowest BCUT2D eigenvalue weighted by Crippen LogP contribution is -2.72. The molecule has 2 heterocycles. The Morgan fingerprint density at radius 3 is 2.53 bits per heavy atom. The SMILES string of the molecule is Cc1ccc(NC(=O)[C@H]2[C@H]3NC(=S)N(c4ccccc4)[C@@]2(C)Oc2ccccc23)c(C)c1. The standard InChI is InChI=1S/C26H25N3O2S/c1-16-13-14-20(17(2)15-16)27-24(30)22-23-19-11-7-8-12-21(19)31-26(22,3)29(25(32)28-23)18-9-5-4-6-10-18/h4-15,22-23H,1-3H3,(H,27,30)(H,28,32)/t22-,23+,26+/m1/s1. The van der Waals surface area contributed by atoms with Crippen molar-refractivity contribution in [1.82, 2.24) is 5.32 Å². The van der Waals surface area contributed by atoms with Crippen LogP contribution in [0.15, 0.2) is 72.8 Å². The molecule has 2 bridgehead atoms. The van der Waals surface area contributed by atoms with Gasteiger partial charge in [-0.15, -0.1) is 0 Å². The normalized spacial score (nSPS) is 23.6. The summed E-state index contributed by atoms with van der Waals surface area (Å²) in [4.78, 5) is 15.7. The van der Waals surface area contributed by atoms with Crippen LogP contribution in [0.4, 0.5) is 11.4 Å². The fraction of sp³-hybridized carbons (Fsp3) is 0.231. The molecule has 2 aliphatic heterocycles. The molecule has 2 N–H and O–H groups in total. The molecule has 0 saturated carbocycles. The molecular weight excluding hydrogens is 418 g/mol. The Hall–Kier alpha value is -3.38. The van der Waals surface area contributed by atoms with Gasteiger partial charge in [-0.2, -0.15) is 0 Å². The number of thiocarbonyl (C=S) groups is 1. The minimum atomic E-state index is -1.01. The maximum atomic E-state index is 13.8. The molecular formula is C26H25N3O2S. The predicted molar refractivity (Wildman–Crippen MR) is 131 cm³/mol. The molecule has 5 rings (SSSR count). The number of nitrogens with zero attached hydrogens (tertiary/aromatic N) is 1. The summed E-state index contributed by atoms with van der Waals surface area (Å²) in [5.41, 5.74) is 3.77. The van der Waals surface area contributed by atoms with Crippen LogP contribution < -0.4 is 20.3 Å². The first kappa shape index (κ1) is 20.5. The van der Waals surface area contributed by atoms with E-state index >= 15 is 0 Å². The van der Waals surface area contributed by atoms with Crippen LogP contribution in [-0.4, -0.2) is 16.7 Å². The van der Waals surface area contributed by atoms with Crippen molar-refractivity contribution in [3.63, 3.8) is 0 Å². The van der Waals surface area contributed by atoms with Crippen LogP contribution in [-0.2, 0) is 4.79 Å². The molecule has 3 aromatic rings. The van der Waals surface area contributed by atoms with Gasteiger partial charge in [0.25, 0.3) is 0 Å². The highest BCUT2D eigenvalue weighted by atomic mass is 32.1. The molecule has 6 heteroatoms. The van der Waals surface area contributed by atoms with Crippen LogP contribution in [0.5, 0.6) is 5.75 Å². The molecule has 2 aliphatic rings. The van der Waals surface area contributed by atoms with E-state index in [1.54, 1.807) is 0 Å². The summed E-state index contributed by atoms with van der Waals surface area (Å²) < 4.78 is 6.59. The third kappa shape index (κ3) is 3.22. The number of carbonyl (C=O) groups excluding carboxylic acids is 1. The molecule has 3 atom stereocenters. The third-order valence-corrected chi connectivity index (χ3v) is 6.64. The molecule has 0 aromatic heterocycles. The van der Waals surface area contributed by atoms with Gasteiger partial charge < -0.3 is 15.4 Å². The number of fused-ring (bicyclic) bond motifs is 4. The molecule has 1 amide bonds. The number of carbonyl (C=O) groups is 1. The van der Waals surface area contributed by atoms with E-state index in [4.69, 9.17) is 17.0 Å². The average molecular weight is 444 g/mol. The van der Waals surface area contributed by atoms with Gasteiger partial charge in [-0.25, -0.2) is 0 Å². The van der Waals surface area contributed by atoms with Gasteiger partial charge in [-0.3, -0.25) is 9.69 Å². The average Bonchev–Trinajstić information content (AvgIpc) is 2.75. The highest BCUT2D eigenvalue weighted by Gasteiger charge is 2.59. The lowest BCUT2D eigenvalue weighted by molar-refractivity contribution is -0.130. The number of para-hydroxylation sites is 2. The number of ether oxygens (including phenoxy) is 1. The Morgan fingerprint density at radius 1 is 1.06 bits per heavy atom. The van der Waals surface area contributed by atoms with E-state index in [2.05, 4.69) is 16.7 Å². The molecule has 0 radical (unpaired) electrons. The summed E-state index contributed by atoms with van der Waals surface area (Å²) in [7, 11) is 0. The van der Waals surface area contributed by atoms with Gasteiger partial charge in [-0.05, 0) is 62.8 Å². The van der Waals surface area contributed by atoms with E-state index in [9.17, 15) is 4.79 Å². The van der Waals surface area contributed by atoms with E-state index in [0.717, 1.165) is 33.8 Å². The molecule has 1 saturated heterocycles. The molecule has 1 fully saturated rings. The van der Waals surface area contributed by atoms with E-state index in [1.807, 2.05) is 92.4 Å². The van der Waals surface area contributed by atoms with Crippen LogP contribution in [0, 0.1) is 19.8 Å². The van der Waals surface area contributed by atoms with Crippen LogP contribution >= 0.6 is 12.2 Å². The van der Waals surface area contributed by atoms with Gasteiger partial charge >= 0.3 is 0 Å². The van der Waals surface area contributed by atoms with Crippen molar-refractivity contribution >= 4 is 34.6 Å². The van der Waals surface area contributed by atoms with Gasteiger partial charge in [0.2, 0.25) is 5.91 Å². The zero-order valence-electron chi connectivity index (χ0n) is 18.3. The van der Waals surface area contributed by atoms with Gasteiger partial charge in [0.1, 0.15) is 11.7 Å². The summed E-state index contributed by atoms with van der Waals surface area (Å²) in [6, 6.07) is 23.4. The van der Waals surface area contributed by atoms with E-state index in [0.29, 0.717) is 5.11 Å². The first-order valence-electron chi connectivity index (χ1n) is 10.7. The number of hydrogen-bond donors (Lipinski definition) is 2. The Balaban J connectivity index is 1.61. The highest BCUT2D eigenvalue weighted by Crippen LogP contribution is 2.49. The molecule has 0 aliphatic carbocycles. The topological polar surface area (TPSA) is 53.6 Å². The number of hydrogen-bond acceptors (Lipinski definition) is 3. The maximum absolute atomic E-state index is 13.8. The number of benzene rings is 3. The minimum Gasteiger partial charge on any atom is -0.467 e. The van der Waals surface area contributed by atoms with Crippen LogP contribution in [0.1, 0.15) is 29.7 Å². The fourth-order valence-electron chi connectivity index (χ4n) is 4.86. The molecule has 0 spiro atoms. The van der Waals surface area contributed by atoms with E-state index < -0.39 is 11.6 Å². The van der Waals surface area contributed by atoms with Crippen molar-refractivity contribution in [2.45, 2.75) is 32.5 Å². The molecule has 3 aromatic carbocycles. The lowest BCUT2D eigenvalue weighted by atomic mass is 9.78. The zero-order valence-corrected chi connectivity index (χ0v) is 19.1. The second-order valence-corrected chi connectivity index (χ2v) is 8.96. The first-order chi connectivity index (χ1) is 15.4. The van der Waals surface area contributed by atoms with Crippen molar-refractivity contribution in [1.29, 1.82) is 0 Å². The first-order valence-corrected chi connectivity index (χ1v) is 11.1. The maximum Gasteiger partial charge on any atom is 0.236 e. The smallest absolute Gasteiger partial charge is 0.236 e. The number of rotatable bonds is 3. The lowest BCUT2D eigenvalue weighted by Gasteiger charge is -2.56. The second kappa shape index (κ2) is 7.64. The van der Waals surface area contributed by atoms with Gasteiger partial charge in [-0.1, -0.05) is 54.1 Å². The summed E-state index contributed by atoms with van der Waals surface area (Å²) in [6.07, 6.45) is 0. The molecule has 32 heavy (non-hydrogen) atoms.